The third-order valence-corrected chi connectivity index (χ3v) is 3.29. The van der Waals surface area contributed by atoms with Crippen molar-refractivity contribution in [2.75, 3.05) is 0 Å². The second kappa shape index (κ2) is 6.43. The van der Waals surface area contributed by atoms with E-state index in [1.165, 1.54) is 0 Å². The Labute approximate surface area is 132 Å². The molecule has 0 radical (unpaired) electrons. The van der Waals surface area contributed by atoms with Gasteiger partial charge in [0.25, 0.3) is 5.91 Å². The fourth-order valence-electron chi connectivity index (χ4n) is 2.11. The van der Waals surface area contributed by atoms with Crippen molar-refractivity contribution in [2.45, 2.75) is 26.8 Å². The topological polar surface area (TPSA) is 94.1 Å². The molecule has 0 unspecified atom stereocenters. The van der Waals surface area contributed by atoms with Gasteiger partial charge in [-0.3, -0.25) is 9.78 Å². The number of hydrogen-bond donors (Lipinski definition) is 1. The molecule has 3 heterocycles. The molecule has 3 rings (SSSR count). The third-order valence-electron chi connectivity index (χ3n) is 3.29. The van der Waals surface area contributed by atoms with Gasteiger partial charge in [0.15, 0.2) is 11.7 Å². The number of nitrogens with zero attached hydrogens (tertiary/aromatic N) is 3. The van der Waals surface area contributed by atoms with Gasteiger partial charge in [0.1, 0.15) is 5.69 Å². The average molecular weight is 312 g/mol. The molecule has 1 N–H and O–H groups in total. The molecule has 0 saturated carbocycles. The molecule has 0 saturated heterocycles. The largest absolute Gasteiger partial charge is 0.435 e. The first-order valence-corrected chi connectivity index (χ1v) is 7.28. The number of carbonyl (C=O) groups excluding carboxylic acids is 1. The zero-order chi connectivity index (χ0) is 16.2. The summed E-state index contributed by atoms with van der Waals surface area (Å²) in [5.41, 5.74) is 2.10. The monoisotopic (exact) mass is 312 g/mol. The molecule has 0 aliphatic carbocycles. The predicted molar refractivity (Wildman–Crippen MR) is 81.5 cm³/mol. The molecule has 0 spiro atoms. The van der Waals surface area contributed by atoms with Crippen LogP contribution in [0.2, 0.25) is 0 Å². The van der Waals surface area contributed by atoms with E-state index in [4.69, 9.17) is 8.94 Å². The highest BCUT2D eigenvalue weighted by Gasteiger charge is 2.17. The molecule has 3 aromatic heterocycles. The van der Waals surface area contributed by atoms with Crippen LogP contribution in [0.15, 0.2) is 39.5 Å². The summed E-state index contributed by atoms with van der Waals surface area (Å²) in [6.07, 6.45) is 4.03. The molecule has 0 bridgehead atoms. The van der Waals surface area contributed by atoms with Crippen molar-refractivity contribution >= 4 is 5.91 Å². The van der Waals surface area contributed by atoms with Crippen LogP contribution in [0, 0.1) is 6.92 Å². The summed E-state index contributed by atoms with van der Waals surface area (Å²) in [6.45, 7) is 3.88. The van der Waals surface area contributed by atoms with Crippen molar-refractivity contribution < 1.29 is 13.7 Å². The molecule has 118 valence electrons. The Morgan fingerprint density at radius 2 is 2.26 bits per heavy atom. The van der Waals surface area contributed by atoms with Crippen LogP contribution < -0.4 is 5.32 Å². The standard InChI is InChI=1S/C16H16N4O3/c1-3-14-19-10(2)15(22-14)16(21)18-9-12-7-13(20-23-12)11-5-4-6-17-8-11/h4-8H,3,9H2,1-2H3,(H,18,21). The van der Waals surface area contributed by atoms with Gasteiger partial charge in [0.2, 0.25) is 5.76 Å². The van der Waals surface area contributed by atoms with E-state index in [0.29, 0.717) is 29.5 Å². The summed E-state index contributed by atoms with van der Waals surface area (Å²) in [5, 5.41) is 6.71. The van der Waals surface area contributed by atoms with Crippen LogP contribution in [0.25, 0.3) is 11.3 Å². The fraction of sp³-hybridized carbons (Fsp3) is 0.250. The van der Waals surface area contributed by atoms with Crippen LogP contribution in [-0.4, -0.2) is 21.0 Å². The SMILES string of the molecule is CCc1nc(C)c(C(=O)NCc2cc(-c3cccnc3)no2)o1. The molecule has 0 atom stereocenters. The van der Waals surface area contributed by atoms with Gasteiger partial charge >= 0.3 is 0 Å². The van der Waals surface area contributed by atoms with Crippen LogP contribution in [0.1, 0.15) is 34.8 Å². The number of aryl methyl sites for hydroxylation is 2. The van der Waals surface area contributed by atoms with Crippen molar-refractivity contribution in [2.24, 2.45) is 0 Å². The average Bonchev–Trinajstić information content (AvgIpc) is 3.20. The number of amides is 1. The van der Waals surface area contributed by atoms with Gasteiger partial charge in [-0.15, -0.1) is 0 Å². The number of aromatic nitrogens is 3. The van der Waals surface area contributed by atoms with Crippen LogP contribution in [0.4, 0.5) is 0 Å². The maximum absolute atomic E-state index is 12.1. The Hall–Kier alpha value is -2.96. The van der Waals surface area contributed by atoms with Crippen LogP contribution in [-0.2, 0) is 13.0 Å². The second-order valence-electron chi connectivity index (χ2n) is 4.98. The van der Waals surface area contributed by atoms with E-state index in [9.17, 15) is 4.79 Å². The molecule has 0 fully saturated rings. The van der Waals surface area contributed by atoms with Gasteiger partial charge in [0, 0.05) is 30.4 Å². The Bertz CT molecular complexity index is 808. The zero-order valence-corrected chi connectivity index (χ0v) is 12.9. The van der Waals surface area contributed by atoms with Gasteiger partial charge in [-0.1, -0.05) is 12.1 Å². The molecule has 0 aliphatic heterocycles. The molecule has 3 aromatic rings. The van der Waals surface area contributed by atoms with Gasteiger partial charge < -0.3 is 14.3 Å². The minimum Gasteiger partial charge on any atom is -0.435 e. The molecule has 0 aliphatic rings. The van der Waals surface area contributed by atoms with Crippen molar-refractivity contribution in [3.8, 4) is 11.3 Å². The van der Waals surface area contributed by atoms with E-state index >= 15 is 0 Å². The minimum absolute atomic E-state index is 0.216. The Kier molecular flexibility index (Phi) is 4.18. The minimum atomic E-state index is -0.325. The van der Waals surface area contributed by atoms with Crippen molar-refractivity contribution in [3.05, 3.63) is 53.7 Å². The summed E-state index contributed by atoms with van der Waals surface area (Å²) in [5.74, 6) is 0.999. The third kappa shape index (κ3) is 3.28. The first kappa shape index (κ1) is 15.0. The highest BCUT2D eigenvalue weighted by molar-refractivity contribution is 5.92. The Balaban J connectivity index is 1.65. The van der Waals surface area contributed by atoms with E-state index in [1.54, 1.807) is 25.4 Å². The number of rotatable bonds is 5. The molecule has 0 aromatic carbocycles. The summed E-state index contributed by atoms with van der Waals surface area (Å²) in [6, 6.07) is 5.48. The number of hydrogen-bond acceptors (Lipinski definition) is 6. The number of nitrogens with one attached hydrogen (secondary N) is 1. The lowest BCUT2D eigenvalue weighted by molar-refractivity contribution is 0.0916. The van der Waals surface area contributed by atoms with Crippen molar-refractivity contribution in [1.82, 2.24) is 20.4 Å². The molecule has 7 nitrogen and oxygen atoms in total. The lowest BCUT2D eigenvalue weighted by Crippen LogP contribution is -2.22. The van der Waals surface area contributed by atoms with Gasteiger partial charge in [-0.25, -0.2) is 4.98 Å². The van der Waals surface area contributed by atoms with E-state index in [-0.39, 0.29) is 18.2 Å². The maximum atomic E-state index is 12.1. The first-order chi connectivity index (χ1) is 11.2. The van der Waals surface area contributed by atoms with Gasteiger partial charge in [-0.2, -0.15) is 0 Å². The van der Waals surface area contributed by atoms with E-state index in [0.717, 1.165) is 5.56 Å². The molecule has 7 heteroatoms. The Morgan fingerprint density at radius 3 is 2.96 bits per heavy atom. The zero-order valence-electron chi connectivity index (χ0n) is 12.9. The Morgan fingerprint density at radius 1 is 1.39 bits per heavy atom. The summed E-state index contributed by atoms with van der Waals surface area (Å²) >= 11 is 0. The second-order valence-corrected chi connectivity index (χ2v) is 4.98. The van der Waals surface area contributed by atoms with Crippen LogP contribution >= 0.6 is 0 Å². The lowest BCUT2D eigenvalue weighted by atomic mass is 10.2. The van der Waals surface area contributed by atoms with Crippen LogP contribution in [0.3, 0.4) is 0 Å². The molecule has 1 amide bonds. The lowest BCUT2D eigenvalue weighted by Gasteiger charge is -1.99. The summed E-state index contributed by atoms with van der Waals surface area (Å²) in [7, 11) is 0. The smallest absolute Gasteiger partial charge is 0.289 e. The highest BCUT2D eigenvalue weighted by atomic mass is 16.5. The molecule has 23 heavy (non-hydrogen) atoms. The van der Waals surface area contributed by atoms with E-state index < -0.39 is 0 Å². The van der Waals surface area contributed by atoms with E-state index in [1.807, 2.05) is 19.1 Å². The van der Waals surface area contributed by atoms with Gasteiger partial charge in [-0.05, 0) is 19.1 Å². The van der Waals surface area contributed by atoms with Gasteiger partial charge in [0.05, 0.1) is 12.2 Å². The van der Waals surface area contributed by atoms with Crippen molar-refractivity contribution in [3.63, 3.8) is 0 Å². The van der Waals surface area contributed by atoms with Crippen LogP contribution in [0.5, 0.6) is 0 Å². The summed E-state index contributed by atoms with van der Waals surface area (Å²) < 4.78 is 10.6. The summed E-state index contributed by atoms with van der Waals surface area (Å²) in [4.78, 5) is 20.3. The number of pyridine rings is 1. The molecular weight excluding hydrogens is 296 g/mol. The maximum Gasteiger partial charge on any atom is 0.289 e. The predicted octanol–water partition coefficient (Wildman–Crippen LogP) is 2.53. The number of carbonyl (C=O) groups is 1. The van der Waals surface area contributed by atoms with E-state index in [2.05, 4.69) is 20.4 Å². The fourth-order valence-corrected chi connectivity index (χ4v) is 2.11. The highest BCUT2D eigenvalue weighted by Crippen LogP contribution is 2.17. The normalized spacial score (nSPS) is 10.7. The van der Waals surface area contributed by atoms with Crippen molar-refractivity contribution in [1.29, 1.82) is 0 Å². The number of oxazole rings is 1. The molecular formula is C16H16N4O3. The first-order valence-electron chi connectivity index (χ1n) is 7.28. The quantitative estimate of drug-likeness (QED) is 0.778.